The van der Waals surface area contributed by atoms with E-state index in [4.69, 9.17) is 34.2 Å². The molecular weight excluding hydrogens is 499 g/mol. The predicted molar refractivity (Wildman–Crippen MR) is 125 cm³/mol. The highest BCUT2D eigenvalue weighted by atomic mass is 31.2. The highest BCUT2D eigenvalue weighted by molar-refractivity contribution is 7.48. The van der Waals surface area contributed by atoms with Crippen LogP contribution >= 0.6 is 7.82 Å². The van der Waals surface area contributed by atoms with E-state index in [1.807, 2.05) is 0 Å². The fourth-order valence-electron chi connectivity index (χ4n) is 3.03. The van der Waals surface area contributed by atoms with Gasteiger partial charge < -0.3 is 14.2 Å². The van der Waals surface area contributed by atoms with Crippen LogP contribution in [0, 0.1) is 18.3 Å². The maximum absolute atomic E-state index is 12.9. The first-order valence-corrected chi connectivity index (χ1v) is 12.7. The summed E-state index contributed by atoms with van der Waals surface area (Å²) >= 11 is 0. The Hall–Kier alpha value is -2.75. The van der Waals surface area contributed by atoms with E-state index in [9.17, 15) is 23.7 Å². The van der Waals surface area contributed by atoms with Crippen LogP contribution in [0.3, 0.4) is 0 Å². The molecule has 2 heterocycles. The molecule has 1 saturated heterocycles. The van der Waals surface area contributed by atoms with Gasteiger partial charge in [-0.15, -0.1) is 6.42 Å². The normalized spacial score (nSPS) is 22.9. The van der Waals surface area contributed by atoms with Crippen molar-refractivity contribution in [3.63, 3.8) is 0 Å². The predicted octanol–water partition coefficient (Wildman–Crippen LogP) is 1.52. The van der Waals surface area contributed by atoms with Crippen LogP contribution in [0.1, 0.15) is 47.3 Å². The summed E-state index contributed by atoms with van der Waals surface area (Å²) in [7, 11) is -4.07. The zero-order valence-corrected chi connectivity index (χ0v) is 21.6. The summed E-state index contributed by atoms with van der Waals surface area (Å²) in [6, 6.07) is 1.11. The number of phosphoric acid groups is 1. The van der Waals surface area contributed by atoms with Crippen LogP contribution in [-0.2, 0) is 41.9 Å². The second kappa shape index (κ2) is 13.0. The third kappa shape index (κ3) is 8.43. The molecule has 1 aromatic heterocycles. The number of rotatable bonds is 11. The van der Waals surface area contributed by atoms with Crippen molar-refractivity contribution in [3.05, 3.63) is 33.1 Å². The van der Waals surface area contributed by atoms with Crippen molar-refractivity contribution in [2.45, 2.75) is 71.7 Å². The van der Waals surface area contributed by atoms with E-state index < -0.39 is 67.6 Å². The molecule has 1 aromatic rings. The van der Waals surface area contributed by atoms with Gasteiger partial charge in [0.1, 0.15) is 6.10 Å². The Bertz CT molecular complexity index is 1100. The molecule has 4 atom stereocenters. The van der Waals surface area contributed by atoms with Gasteiger partial charge >= 0.3 is 25.5 Å². The lowest BCUT2D eigenvalue weighted by Crippen LogP contribution is -2.41. The third-order valence-corrected chi connectivity index (χ3v) is 6.25. The van der Waals surface area contributed by atoms with Crippen molar-refractivity contribution in [1.29, 1.82) is 0 Å². The van der Waals surface area contributed by atoms with Crippen LogP contribution in [0.4, 0.5) is 0 Å². The Kier molecular flexibility index (Phi) is 10.6. The molecule has 36 heavy (non-hydrogen) atoms. The molecule has 1 fully saturated rings. The van der Waals surface area contributed by atoms with Crippen molar-refractivity contribution in [1.82, 2.24) is 9.55 Å². The lowest BCUT2D eigenvalue weighted by molar-refractivity contribution is -0.167. The van der Waals surface area contributed by atoms with Crippen molar-refractivity contribution >= 4 is 19.8 Å². The van der Waals surface area contributed by atoms with Crippen LogP contribution in [-0.4, -0.2) is 59.1 Å². The van der Waals surface area contributed by atoms with E-state index in [1.165, 1.54) is 13.1 Å². The van der Waals surface area contributed by atoms with Gasteiger partial charge in [-0.3, -0.25) is 37.5 Å². The maximum atomic E-state index is 12.9. The largest absolute Gasteiger partial charge is 0.475 e. The van der Waals surface area contributed by atoms with Crippen LogP contribution in [0.15, 0.2) is 21.9 Å². The number of phosphoric ester groups is 1. The maximum Gasteiger partial charge on any atom is 0.475 e. The molecule has 2 rings (SSSR count). The molecule has 0 amide bonds. The van der Waals surface area contributed by atoms with Gasteiger partial charge in [0.25, 0.3) is 5.56 Å². The van der Waals surface area contributed by atoms with Crippen LogP contribution in [0.2, 0.25) is 0 Å². The first-order chi connectivity index (χ1) is 16.8. The molecule has 0 spiro atoms. The summed E-state index contributed by atoms with van der Waals surface area (Å²) < 4.78 is 45.7. The van der Waals surface area contributed by atoms with Gasteiger partial charge in [0.15, 0.2) is 5.92 Å². The minimum absolute atomic E-state index is 0.184. The van der Waals surface area contributed by atoms with E-state index in [-0.39, 0.29) is 19.6 Å². The number of hydrogen-bond donors (Lipinski definition) is 1. The van der Waals surface area contributed by atoms with Gasteiger partial charge in [-0.2, -0.15) is 0 Å². The molecule has 0 aliphatic carbocycles. The second-order valence-corrected chi connectivity index (χ2v) is 10.0. The van der Waals surface area contributed by atoms with Gasteiger partial charge in [-0.1, -0.05) is 5.92 Å². The molecule has 0 aromatic carbocycles. The lowest BCUT2D eigenvalue weighted by atomic mass is 10.1. The lowest BCUT2D eigenvalue weighted by Gasteiger charge is -2.34. The standard InChI is InChI=1S/C22H31N2O11P/c1-7-19(24-10-8-18(25)23-22(24)28)34-17-12-31-36(29,35-15(17)6)30-11-9-16(20(26)32-13(2)3)21(27)33-14(4)5/h1,8,10,13-17,19H,9,11-12H2,2-6H3,(H,23,25,28)/t15-,17+,19+,36?/m0/s1. The molecule has 13 nitrogen and oxygen atoms in total. The zero-order valence-electron chi connectivity index (χ0n) is 20.7. The zero-order chi connectivity index (χ0) is 27.0. The number of hydrogen-bond acceptors (Lipinski definition) is 11. The minimum atomic E-state index is -4.07. The van der Waals surface area contributed by atoms with Gasteiger partial charge in [0.05, 0.1) is 31.5 Å². The summed E-state index contributed by atoms with van der Waals surface area (Å²) in [5, 5.41) is 0. The molecule has 1 unspecified atom stereocenters. The summed E-state index contributed by atoms with van der Waals surface area (Å²) in [5.41, 5.74) is -1.37. The Balaban J connectivity index is 1.98. The van der Waals surface area contributed by atoms with Crippen LogP contribution in [0.25, 0.3) is 0 Å². The second-order valence-electron chi connectivity index (χ2n) is 8.41. The summed E-state index contributed by atoms with van der Waals surface area (Å²) in [6.45, 7) is 7.50. The highest BCUT2D eigenvalue weighted by Gasteiger charge is 2.41. The van der Waals surface area contributed by atoms with Gasteiger partial charge in [0, 0.05) is 12.3 Å². The fraction of sp³-hybridized carbons (Fsp3) is 0.636. The summed E-state index contributed by atoms with van der Waals surface area (Å²) in [6.07, 6.45) is 2.68. The number of H-pyrrole nitrogens is 1. The quantitative estimate of drug-likeness (QED) is 0.191. The molecule has 200 valence electrons. The van der Waals surface area contributed by atoms with E-state index in [0.717, 1.165) is 10.6 Å². The van der Waals surface area contributed by atoms with E-state index in [1.54, 1.807) is 27.7 Å². The number of esters is 2. The smallest absolute Gasteiger partial charge is 0.462 e. The van der Waals surface area contributed by atoms with Gasteiger partial charge in [-0.25, -0.2) is 9.36 Å². The summed E-state index contributed by atoms with van der Waals surface area (Å²) in [4.78, 5) is 50.0. The number of carbonyl (C=O) groups is 2. The average Bonchev–Trinajstić information content (AvgIpc) is 2.76. The number of nitrogens with zero attached hydrogens (tertiary/aromatic N) is 1. The minimum Gasteiger partial charge on any atom is -0.462 e. The molecule has 0 saturated carbocycles. The number of ether oxygens (including phenoxy) is 3. The molecule has 1 aliphatic heterocycles. The highest BCUT2D eigenvalue weighted by Crippen LogP contribution is 2.54. The number of nitrogens with one attached hydrogen (secondary N) is 1. The Morgan fingerprint density at radius 2 is 1.83 bits per heavy atom. The van der Waals surface area contributed by atoms with Crippen molar-refractivity contribution in [2.24, 2.45) is 5.92 Å². The van der Waals surface area contributed by atoms with Crippen molar-refractivity contribution in [2.75, 3.05) is 13.2 Å². The average molecular weight is 530 g/mol. The Labute approximate surface area is 208 Å². The Morgan fingerprint density at radius 1 is 1.22 bits per heavy atom. The monoisotopic (exact) mass is 530 g/mol. The van der Waals surface area contributed by atoms with Crippen LogP contribution < -0.4 is 11.2 Å². The SMILES string of the molecule is C#C[C@@H](O[C@@H]1COP(=O)(OCCC(C(=O)OC(C)C)C(=O)OC(C)C)O[C@H]1C)n1ccc(=O)[nH]c1=O. The number of terminal acetylenes is 1. The molecule has 1 N–H and O–H groups in total. The number of aromatic nitrogens is 2. The number of aromatic amines is 1. The molecule has 14 heteroatoms. The molecule has 0 bridgehead atoms. The Morgan fingerprint density at radius 3 is 2.33 bits per heavy atom. The molecule has 1 aliphatic rings. The first kappa shape index (κ1) is 29.5. The third-order valence-electron chi connectivity index (χ3n) is 4.69. The van der Waals surface area contributed by atoms with E-state index in [2.05, 4.69) is 10.9 Å². The van der Waals surface area contributed by atoms with Crippen molar-refractivity contribution in [3.8, 4) is 12.3 Å². The van der Waals surface area contributed by atoms with Crippen LogP contribution in [0.5, 0.6) is 0 Å². The first-order valence-electron chi connectivity index (χ1n) is 11.3. The van der Waals surface area contributed by atoms with Crippen molar-refractivity contribution < 1.29 is 41.9 Å². The van der Waals surface area contributed by atoms with Gasteiger partial charge in [-0.05, 0) is 41.0 Å². The van der Waals surface area contributed by atoms with Gasteiger partial charge in [0.2, 0.25) is 6.23 Å². The van der Waals surface area contributed by atoms with E-state index >= 15 is 0 Å². The fourth-order valence-corrected chi connectivity index (χ4v) is 4.42. The van der Waals surface area contributed by atoms with E-state index in [0.29, 0.717) is 0 Å². The topological polar surface area (TPSA) is 161 Å². The molecular formula is C22H31N2O11P. The summed E-state index contributed by atoms with van der Waals surface area (Å²) in [5.74, 6) is -0.582. The molecule has 0 radical (unpaired) electrons. The number of carbonyl (C=O) groups excluding carboxylic acids is 2.